The number of nitrogens with zero attached hydrogens (tertiary/aromatic N) is 3. The smallest absolute Gasteiger partial charge is 0.294 e. The van der Waals surface area contributed by atoms with Gasteiger partial charge < -0.3 is 10.2 Å². The van der Waals surface area contributed by atoms with E-state index in [9.17, 15) is 9.59 Å². The Hall–Kier alpha value is -1.92. The number of likely N-dealkylation sites (N-methyl/N-ethyl adjacent to an activating group) is 1. The van der Waals surface area contributed by atoms with E-state index >= 15 is 0 Å². The molecule has 1 fully saturated rings. The van der Waals surface area contributed by atoms with Gasteiger partial charge in [-0.3, -0.25) is 14.7 Å². The second kappa shape index (κ2) is 5.81. The van der Waals surface area contributed by atoms with Gasteiger partial charge in [-0.25, -0.2) is 4.98 Å². The number of aromatic amines is 1. The number of aromatic nitrogens is 3. The summed E-state index contributed by atoms with van der Waals surface area (Å²) < 4.78 is 0. The van der Waals surface area contributed by atoms with E-state index in [0.29, 0.717) is 25.2 Å². The fourth-order valence-electron chi connectivity index (χ4n) is 2.29. The minimum Gasteiger partial charge on any atom is -0.357 e. The largest absolute Gasteiger partial charge is 0.357 e. The van der Waals surface area contributed by atoms with Gasteiger partial charge in [0.05, 0.1) is 0 Å². The number of nitrogens with one attached hydrogen (secondary N) is 2. The van der Waals surface area contributed by atoms with Crippen molar-refractivity contribution in [3.8, 4) is 0 Å². The highest BCUT2D eigenvalue weighted by Gasteiger charge is 2.33. The minimum absolute atomic E-state index is 0.126. The Morgan fingerprint density at radius 3 is 2.89 bits per heavy atom. The molecule has 1 aromatic rings. The first-order valence-corrected chi connectivity index (χ1v) is 6.61. The van der Waals surface area contributed by atoms with Crippen LogP contribution in [0.5, 0.6) is 0 Å². The van der Waals surface area contributed by atoms with E-state index in [1.807, 2.05) is 6.92 Å². The maximum atomic E-state index is 12.4. The molecule has 0 aliphatic carbocycles. The third-order valence-corrected chi connectivity index (χ3v) is 3.37. The lowest BCUT2D eigenvalue weighted by atomic mass is 10.0. The van der Waals surface area contributed by atoms with Crippen LogP contribution in [0.2, 0.25) is 0 Å². The van der Waals surface area contributed by atoms with Crippen LogP contribution < -0.4 is 5.32 Å². The molecule has 0 spiro atoms. The van der Waals surface area contributed by atoms with E-state index in [-0.39, 0.29) is 17.6 Å². The molecule has 7 heteroatoms. The SMILES string of the molecule is CCc1nc(C(=O)N2CCCCC2C(=O)NC)n[nH]1. The summed E-state index contributed by atoms with van der Waals surface area (Å²) >= 11 is 0. The van der Waals surface area contributed by atoms with Crippen molar-refractivity contribution in [2.24, 2.45) is 0 Å². The van der Waals surface area contributed by atoms with Gasteiger partial charge in [0.15, 0.2) is 0 Å². The maximum absolute atomic E-state index is 12.4. The van der Waals surface area contributed by atoms with Crippen LogP contribution in [0.15, 0.2) is 0 Å². The lowest BCUT2D eigenvalue weighted by Crippen LogP contribution is -2.51. The Bertz CT molecular complexity index is 470. The van der Waals surface area contributed by atoms with Crippen LogP contribution in [0.1, 0.15) is 42.6 Å². The van der Waals surface area contributed by atoms with Gasteiger partial charge in [0.1, 0.15) is 11.9 Å². The molecule has 1 saturated heterocycles. The fourth-order valence-corrected chi connectivity index (χ4v) is 2.29. The first-order chi connectivity index (χ1) is 9.17. The second-order valence-electron chi connectivity index (χ2n) is 4.58. The molecule has 2 amide bonds. The minimum atomic E-state index is -0.408. The van der Waals surface area contributed by atoms with E-state index in [1.165, 1.54) is 0 Å². The van der Waals surface area contributed by atoms with Crippen LogP contribution >= 0.6 is 0 Å². The number of piperidine rings is 1. The van der Waals surface area contributed by atoms with Crippen molar-refractivity contribution in [3.05, 3.63) is 11.6 Å². The van der Waals surface area contributed by atoms with Crippen LogP contribution in [0, 0.1) is 0 Å². The average Bonchev–Trinajstić information content (AvgIpc) is 2.94. The van der Waals surface area contributed by atoms with Crippen molar-refractivity contribution in [2.75, 3.05) is 13.6 Å². The van der Waals surface area contributed by atoms with Crippen LogP contribution in [0.4, 0.5) is 0 Å². The summed E-state index contributed by atoms with van der Waals surface area (Å²) in [6.07, 6.45) is 3.25. The number of likely N-dealkylation sites (tertiary alicyclic amines) is 1. The number of hydrogen-bond donors (Lipinski definition) is 2. The monoisotopic (exact) mass is 265 g/mol. The molecule has 1 atom stereocenters. The number of amides is 2. The van der Waals surface area contributed by atoms with E-state index < -0.39 is 6.04 Å². The lowest BCUT2D eigenvalue weighted by molar-refractivity contribution is -0.126. The van der Waals surface area contributed by atoms with Gasteiger partial charge in [-0.15, -0.1) is 5.10 Å². The van der Waals surface area contributed by atoms with Crippen molar-refractivity contribution < 1.29 is 9.59 Å². The standard InChI is InChI=1S/C12H19N5O2/c1-3-9-14-10(16-15-9)12(19)17-7-5-4-6-8(17)11(18)13-2/h8H,3-7H2,1-2H3,(H,13,18)(H,14,15,16). The molecular weight excluding hydrogens is 246 g/mol. The van der Waals surface area contributed by atoms with Crippen LogP contribution in [0.25, 0.3) is 0 Å². The van der Waals surface area contributed by atoms with Gasteiger partial charge >= 0.3 is 0 Å². The lowest BCUT2D eigenvalue weighted by Gasteiger charge is -2.33. The molecule has 19 heavy (non-hydrogen) atoms. The van der Waals surface area contributed by atoms with Crippen molar-refractivity contribution in [1.82, 2.24) is 25.4 Å². The van der Waals surface area contributed by atoms with Crippen molar-refractivity contribution in [2.45, 2.75) is 38.6 Å². The van der Waals surface area contributed by atoms with Crippen LogP contribution in [0.3, 0.4) is 0 Å². The van der Waals surface area contributed by atoms with Gasteiger partial charge in [0.25, 0.3) is 5.91 Å². The van der Waals surface area contributed by atoms with Crippen LogP contribution in [-0.2, 0) is 11.2 Å². The number of H-pyrrole nitrogens is 1. The Morgan fingerprint density at radius 2 is 2.26 bits per heavy atom. The molecule has 1 unspecified atom stereocenters. The molecule has 0 saturated carbocycles. The van der Waals surface area contributed by atoms with Crippen molar-refractivity contribution in [1.29, 1.82) is 0 Å². The molecule has 1 aliphatic rings. The van der Waals surface area contributed by atoms with Gasteiger partial charge in [0, 0.05) is 20.0 Å². The molecular formula is C12H19N5O2. The zero-order valence-corrected chi connectivity index (χ0v) is 11.3. The highest BCUT2D eigenvalue weighted by atomic mass is 16.2. The summed E-state index contributed by atoms with van der Waals surface area (Å²) in [5, 5.41) is 9.25. The Morgan fingerprint density at radius 1 is 1.47 bits per heavy atom. The number of aryl methyl sites for hydroxylation is 1. The first kappa shape index (κ1) is 13.5. The normalized spacial score (nSPS) is 19.3. The van der Waals surface area contributed by atoms with E-state index in [2.05, 4.69) is 20.5 Å². The molecule has 0 radical (unpaired) electrons. The van der Waals surface area contributed by atoms with Crippen molar-refractivity contribution >= 4 is 11.8 Å². The maximum Gasteiger partial charge on any atom is 0.294 e. The Balaban J connectivity index is 2.17. The molecule has 2 rings (SSSR count). The fraction of sp³-hybridized carbons (Fsp3) is 0.667. The summed E-state index contributed by atoms with van der Waals surface area (Å²) in [6.45, 7) is 2.51. The van der Waals surface area contributed by atoms with E-state index in [4.69, 9.17) is 0 Å². The summed E-state index contributed by atoms with van der Waals surface area (Å²) in [5.41, 5.74) is 0. The molecule has 2 N–H and O–H groups in total. The molecule has 0 aromatic carbocycles. The zero-order valence-electron chi connectivity index (χ0n) is 11.3. The van der Waals surface area contributed by atoms with Gasteiger partial charge in [0.2, 0.25) is 11.7 Å². The zero-order chi connectivity index (χ0) is 13.8. The summed E-state index contributed by atoms with van der Waals surface area (Å²) in [4.78, 5) is 29.9. The summed E-state index contributed by atoms with van der Waals surface area (Å²) in [5.74, 6) is 0.424. The number of carbonyl (C=O) groups excluding carboxylic acids is 2. The van der Waals surface area contributed by atoms with E-state index in [0.717, 1.165) is 12.8 Å². The molecule has 7 nitrogen and oxygen atoms in total. The number of carbonyl (C=O) groups is 2. The molecule has 2 heterocycles. The predicted molar refractivity (Wildman–Crippen MR) is 68.5 cm³/mol. The summed E-state index contributed by atoms with van der Waals surface area (Å²) in [7, 11) is 1.58. The molecule has 104 valence electrons. The van der Waals surface area contributed by atoms with E-state index in [1.54, 1.807) is 11.9 Å². The molecule has 1 aliphatic heterocycles. The first-order valence-electron chi connectivity index (χ1n) is 6.61. The van der Waals surface area contributed by atoms with Gasteiger partial charge in [-0.1, -0.05) is 6.92 Å². The quantitative estimate of drug-likeness (QED) is 0.811. The van der Waals surface area contributed by atoms with Gasteiger partial charge in [-0.2, -0.15) is 0 Å². The average molecular weight is 265 g/mol. The number of hydrogen-bond acceptors (Lipinski definition) is 4. The van der Waals surface area contributed by atoms with Crippen molar-refractivity contribution in [3.63, 3.8) is 0 Å². The Kier molecular flexibility index (Phi) is 4.13. The summed E-state index contributed by atoms with van der Waals surface area (Å²) in [6, 6.07) is -0.408. The predicted octanol–water partition coefficient (Wildman–Crippen LogP) is 0.108. The third-order valence-electron chi connectivity index (χ3n) is 3.37. The highest BCUT2D eigenvalue weighted by molar-refractivity contribution is 5.94. The molecule has 1 aromatic heterocycles. The second-order valence-corrected chi connectivity index (χ2v) is 4.58. The number of rotatable bonds is 3. The van der Waals surface area contributed by atoms with Gasteiger partial charge in [-0.05, 0) is 19.3 Å². The van der Waals surface area contributed by atoms with Crippen LogP contribution in [-0.4, -0.2) is 51.5 Å². The Labute approximate surface area is 111 Å². The highest BCUT2D eigenvalue weighted by Crippen LogP contribution is 2.18. The molecule has 0 bridgehead atoms. The topological polar surface area (TPSA) is 91.0 Å². The third kappa shape index (κ3) is 2.74.